The Hall–Kier alpha value is -3.86. The van der Waals surface area contributed by atoms with Crippen molar-refractivity contribution >= 4 is 29.3 Å². The summed E-state index contributed by atoms with van der Waals surface area (Å²) in [6.07, 6.45) is -1.07. The van der Waals surface area contributed by atoms with Crippen LogP contribution < -0.4 is 10.6 Å². The summed E-state index contributed by atoms with van der Waals surface area (Å²) in [5, 5.41) is 14.3. The predicted octanol–water partition coefficient (Wildman–Crippen LogP) is 4.19. The molecular formula is C24H21F2N3O5S. The molecule has 1 aromatic heterocycles. The highest BCUT2D eigenvalue weighted by atomic mass is 32.1. The summed E-state index contributed by atoms with van der Waals surface area (Å²) >= 11 is 0.924. The van der Waals surface area contributed by atoms with Gasteiger partial charge in [0, 0.05) is 11.3 Å². The highest BCUT2D eigenvalue weighted by Crippen LogP contribution is 2.44. The maximum Gasteiger partial charge on any atom is 0.407 e. The molecule has 0 saturated heterocycles. The number of ether oxygens (including phenoxy) is 1. The van der Waals surface area contributed by atoms with Crippen LogP contribution in [0.1, 0.15) is 45.5 Å². The monoisotopic (exact) mass is 501 g/mol. The molecule has 2 aromatic carbocycles. The lowest BCUT2D eigenvalue weighted by molar-refractivity contribution is -0.145. The number of aromatic carboxylic acids is 1. The van der Waals surface area contributed by atoms with Crippen LogP contribution in [0.5, 0.6) is 0 Å². The first-order valence-corrected chi connectivity index (χ1v) is 11.5. The molecule has 1 aliphatic carbocycles. The summed E-state index contributed by atoms with van der Waals surface area (Å²) < 4.78 is 33.9. The first-order chi connectivity index (χ1) is 16.7. The molecule has 2 amide bonds. The van der Waals surface area contributed by atoms with Gasteiger partial charge in [-0.3, -0.25) is 4.79 Å². The van der Waals surface area contributed by atoms with E-state index in [1.165, 1.54) is 12.3 Å². The lowest BCUT2D eigenvalue weighted by Crippen LogP contribution is -2.48. The Bertz CT molecular complexity index is 1230. The number of hydrogen-bond donors (Lipinski definition) is 3. The Morgan fingerprint density at radius 1 is 1.11 bits per heavy atom. The van der Waals surface area contributed by atoms with E-state index in [-0.39, 0.29) is 23.2 Å². The average molecular weight is 502 g/mol. The number of alkyl carbamates (subject to hydrolysis) is 1. The second-order valence-corrected chi connectivity index (χ2v) is 8.84. The van der Waals surface area contributed by atoms with E-state index < -0.39 is 36.5 Å². The van der Waals surface area contributed by atoms with Crippen LogP contribution in [0.2, 0.25) is 0 Å². The van der Waals surface area contributed by atoms with Crippen LogP contribution in [0.4, 0.5) is 13.6 Å². The number of nitrogens with zero attached hydrogens (tertiary/aromatic N) is 1. The summed E-state index contributed by atoms with van der Waals surface area (Å²) in [6, 6.07) is 14.5. The van der Waals surface area contributed by atoms with Gasteiger partial charge >= 0.3 is 18.0 Å². The molecule has 35 heavy (non-hydrogen) atoms. The predicted molar refractivity (Wildman–Crippen MR) is 124 cm³/mol. The highest BCUT2D eigenvalue weighted by Gasteiger charge is 2.40. The van der Waals surface area contributed by atoms with Gasteiger partial charge in [-0.1, -0.05) is 48.5 Å². The van der Waals surface area contributed by atoms with Crippen LogP contribution in [0.25, 0.3) is 11.1 Å². The van der Waals surface area contributed by atoms with E-state index in [0.717, 1.165) is 33.6 Å². The smallest absolute Gasteiger partial charge is 0.407 e. The van der Waals surface area contributed by atoms with E-state index in [0.29, 0.717) is 0 Å². The number of benzene rings is 2. The minimum absolute atomic E-state index is 0.0510. The number of thiazole rings is 1. The number of carboxylic acids is 1. The van der Waals surface area contributed by atoms with Crippen LogP contribution >= 0.6 is 11.3 Å². The number of alkyl halides is 2. The molecule has 0 spiro atoms. The van der Waals surface area contributed by atoms with Crippen LogP contribution in [-0.4, -0.2) is 47.1 Å². The third-order valence-corrected chi connectivity index (χ3v) is 6.62. The van der Waals surface area contributed by atoms with Gasteiger partial charge < -0.3 is 20.5 Å². The molecule has 182 valence electrons. The number of hydrogen-bond acceptors (Lipinski definition) is 6. The van der Waals surface area contributed by atoms with Crippen LogP contribution in [0.3, 0.4) is 0 Å². The lowest BCUT2D eigenvalue weighted by Gasteiger charge is -2.19. The number of carboxylic acid groups (broad SMARTS) is 1. The number of aromatic nitrogens is 1. The Morgan fingerprint density at radius 3 is 2.29 bits per heavy atom. The fourth-order valence-electron chi connectivity index (χ4n) is 3.86. The van der Waals surface area contributed by atoms with Crippen molar-refractivity contribution in [2.24, 2.45) is 0 Å². The fraction of sp³-hybridized carbons (Fsp3) is 0.250. The number of amides is 2. The van der Waals surface area contributed by atoms with Gasteiger partial charge in [-0.25, -0.2) is 14.6 Å². The normalized spacial score (nSPS) is 13.5. The van der Waals surface area contributed by atoms with Crippen molar-refractivity contribution in [1.29, 1.82) is 0 Å². The molecule has 0 radical (unpaired) electrons. The molecule has 11 heteroatoms. The first-order valence-electron chi connectivity index (χ1n) is 10.6. The van der Waals surface area contributed by atoms with Gasteiger partial charge in [-0.15, -0.1) is 11.3 Å². The van der Waals surface area contributed by atoms with Crippen molar-refractivity contribution < 1.29 is 33.0 Å². The summed E-state index contributed by atoms with van der Waals surface area (Å²) in [5.41, 5.74) is 3.78. The molecular weight excluding hydrogens is 480 g/mol. The number of fused-ring (bicyclic) bond motifs is 3. The average Bonchev–Trinajstić information content (AvgIpc) is 3.45. The molecule has 1 aliphatic rings. The van der Waals surface area contributed by atoms with Gasteiger partial charge in [0.1, 0.15) is 11.6 Å². The molecule has 8 nitrogen and oxygen atoms in total. The van der Waals surface area contributed by atoms with Gasteiger partial charge in [-0.05, 0) is 29.2 Å². The van der Waals surface area contributed by atoms with Crippen molar-refractivity contribution in [2.45, 2.75) is 24.8 Å². The Labute approximate surface area is 203 Å². The van der Waals surface area contributed by atoms with E-state index >= 15 is 0 Å². The van der Waals surface area contributed by atoms with E-state index in [1.54, 1.807) is 0 Å². The van der Waals surface area contributed by atoms with Crippen LogP contribution in [-0.2, 0) is 9.53 Å². The van der Waals surface area contributed by atoms with Crippen molar-refractivity contribution in [3.05, 3.63) is 75.7 Å². The van der Waals surface area contributed by atoms with E-state index in [1.807, 2.05) is 53.8 Å². The second-order valence-electron chi connectivity index (χ2n) is 7.95. The quantitative estimate of drug-likeness (QED) is 0.426. The van der Waals surface area contributed by atoms with Gasteiger partial charge in [0.05, 0.1) is 12.6 Å². The van der Waals surface area contributed by atoms with Crippen molar-refractivity contribution in [1.82, 2.24) is 15.6 Å². The number of nitrogens with one attached hydrogen (secondary N) is 2. The van der Waals surface area contributed by atoms with Crippen molar-refractivity contribution in [3.63, 3.8) is 0 Å². The van der Waals surface area contributed by atoms with E-state index in [2.05, 4.69) is 10.3 Å². The summed E-state index contributed by atoms with van der Waals surface area (Å²) in [6.45, 7) is 0.0858. The van der Waals surface area contributed by atoms with E-state index in [9.17, 15) is 23.2 Å². The minimum Gasteiger partial charge on any atom is -0.476 e. The third kappa shape index (κ3) is 5.14. The van der Waals surface area contributed by atoms with E-state index in [4.69, 9.17) is 9.84 Å². The standard InChI is InChI=1S/C24H21F2N3O5S/c1-13(20-29-19(11-35-20)21(30)31)28-22(32)24(25,26)12-27-23(33)34-10-18-16-8-4-2-6-14(16)15-7-3-5-9-17(15)18/h2-9,11,13,18H,10,12H2,1H3,(H,27,33)(H,28,32)(H,30,31). The molecule has 1 unspecified atom stereocenters. The topological polar surface area (TPSA) is 118 Å². The zero-order valence-electron chi connectivity index (χ0n) is 18.5. The van der Waals surface area contributed by atoms with Gasteiger partial charge in [0.25, 0.3) is 5.91 Å². The molecule has 3 N–H and O–H groups in total. The molecule has 1 atom stereocenters. The SMILES string of the molecule is CC(NC(=O)C(F)(F)CNC(=O)OCC1c2ccccc2-c2ccccc21)c1nc(C(=O)O)cs1. The van der Waals surface area contributed by atoms with Gasteiger partial charge in [-0.2, -0.15) is 8.78 Å². The van der Waals surface area contributed by atoms with Gasteiger partial charge in [0.2, 0.25) is 0 Å². The number of rotatable bonds is 8. The maximum atomic E-state index is 14.3. The third-order valence-electron chi connectivity index (χ3n) is 5.59. The number of carbonyl (C=O) groups excluding carboxylic acids is 2. The van der Waals surface area contributed by atoms with Crippen LogP contribution in [0, 0.1) is 0 Å². The molecule has 1 heterocycles. The Kier molecular flexibility index (Phi) is 6.79. The molecule has 0 bridgehead atoms. The molecule has 0 fully saturated rings. The zero-order valence-corrected chi connectivity index (χ0v) is 19.3. The maximum absolute atomic E-state index is 14.3. The lowest BCUT2D eigenvalue weighted by atomic mass is 9.98. The Morgan fingerprint density at radius 2 is 1.71 bits per heavy atom. The summed E-state index contributed by atoms with van der Waals surface area (Å²) in [7, 11) is 0. The minimum atomic E-state index is -3.92. The molecule has 0 aliphatic heterocycles. The van der Waals surface area contributed by atoms with Crippen molar-refractivity contribution in [3.8, 4) is 11.1 Å². The van der Waals surface area contributed by atoms with Crippen LogP contribution in [0.15, 0.2) is 53.9 Å². The van der Waals surface area contributed by atoms with Crippen molar-refractivity contribution in [2.75, 3.05) is 13.2 Å². The second kappa shape index (κ2) is 9.79. The fourth-order valence-corrected chi connectivity index (χ4v) is 4.66. The summed E-state index contributed by atoms with van der Waals surface area (Å²) in [5.74, 6) is -7.04. The summed E-state index contributed by atoms with van der Waals surface area (Å²) in [4.78, 5) is 38.9. The number of halogens is 2. The molecule has 4 rings (SSSR count). The van der Waals surface area contributed by atoms with Gasteiger partial charge in [0.15, 0.2) is 5.69 Å². The number of carbonyl (C=O) groups is 3. The largest absolute Gasteiger partial charge is 0.476 e. The molecule has 0 saturated carbocycles. The molecule has 3 aromatic rings. The highest BCUT2D eigenvalue weighted by molar-refractivity contribution is 7.09. The Balaban J connectivity index is 1.31. The zero-order chi connectivity index (χ0) is 25.2. The first kappa shape index (κ1) is 24.3.